The van der Waals surface area contributed by atoms with Gasteiger partial charge >= 0.3 is 0 Å². The average molecular weight is 819 g/mol. The number of primary amides is 2. The van der Waals surface area contributed by atoms with Crippen molar-refractivity contribution in [1.82, 2.24) is 15.0 Å². The number of benzene rings is 4. The van der Waals surface area contributed by atoms with Gasteiger partial charge in [-0.25, -0.2) is 0 Å². The summed E-state index contributed by atoms with van der Waals surface area (Å²) in [4.78, 5) is 53.3. The number of aromatic nitrogens is 1. The van der Waals surface area contributed by atoms with Crippen LogP contribution in [-0.2, 0) is 22.3 Å². The Morgan fingerprint density at radius 2 is 1.12 bits per heavy atom. The van der Waals surface area contributed by atoms with Gasteiger partial charge in [-0.15, -0.1) is 0 Å². The molecule has 2 saturated heterocycles. The molecule has 0 unspecified atom stereocenters. The van der Waals surface area contributed by atoms with Gasteiger partial charge in [-0.3, -0.25) is 19.2 Å². The lowest BCUT2D eigenvalue weighted by atomic mass is 9.93. The van der Waals surface area contributed by atoms with Crippen molar-refractivity contribution in [3.63, 3.8) is 0 Å². The molecule has 5 aromatic rings. The van der Waals surface area contributed by atoms with Crippen LogP contribution >= 0.6 is 15.9 Å². The van der Waals surface area contributed by atoms with E-state index in [2.05, 4.69) is 27.2 Å². The first-order valence-corrected chi connectivity index (χ1v) is 19.3. The molecule has 13 heteroatoms. The number of ether oxygens (including phenoxy) is 2. The van der Waals surface area contributed by atoms with Crippen molar-refractivity contribution in [1.29, 1.82) is 0 Å². The number of hydrogen-bond acceptors (Lipinski definition) is 8. The van der Waals surface area contributed by atoms with E-state index in [1.807, 2.05) is 72.2 Å². The predicted octanol–water partition coefficient (Wildman–Crippen LogP) is 5.69. The maximum absolute atomic E-state index is 12.9. The topological polar surface area (TPSA) is 171 Å². The molecule has 0 radical (unpaired) electrons. The summed E-state index contributed by atoms with van der Waals surface area (Å²) in [6.45, 7) is 8.46. The zero-order valence-electron chi connectivity index (χ0n) is 31.1. The van der Waals surface area contributed by atoms with Crippen molar-refractivity contribution in [2.75, 3.05) is 52.6 Å². The number of carbonyl (C=O) groups excluding carboxylic acids is 4. The third-order valence-electron chi connectivity index (χ3n) is 10.9. The lowest BCUT2D eigenvalue weighted by Gasteiger charge is -2.27. The average Bonchev–Trinajstić information content (AvgIpc) is 3.88. The summed E-state index contributed by atoms with van der Waals surface area (Å²) < 4.78 is 16.8. The summed E-state index contributed by atoms with van der Waals surface area (Å²) >= 11 is 3.45. The number of halogens is 1. The second kappa shape index (κ2) is 15.1. The molecule has 1 aromatic heterocycles. The molecule has 0 saturated carbocycles. The van der Waals surface area contributed by atoms with E-state index in [1.165, 1.54) is 0 Å². The molecule has 2 aliphatic heterocycles. The summed E-state index contributed by atoms with van der Waals surface area (Å²) in [6.07, 6.45) is 1.18. The fourth-order valence-electron chi connectivity index (χ4n) is 8.20. The first-order chi connectivity index (χ1) is 27.0. The SMILES string of the molecule is Cc1noc(C)c1-c1cc(C(N)=O)c2c(c1)-c1ccc(C(=O)N3CCOCC3)cc1C2.NC(=O)c1cc(Br)cc2c1Cc1cc(C(=O)N3CCOCC3)ccc1-2. The number of hydrogen-bond donors (Lipinski definition) is 2. The van der Waals surface area contributed by atoms with Gasteiger partial charge in [-0.1, -0.05) is 33.2 Å². The monoisotopic (exact) mass is 817 g/mol. The van der Waals surface area contributed by atoms with Crippen LogP contribution in [0.25, 0.3) is 33.4 Å². The molecule has 12 nitrogen and oxygen atoms in total. The number of fused-ring (bicyclic) bond motifs is 6. The minimum absolute atomic E-state index is 0.00795. The van der Waals surface area contributed by atoms with E-state index in [9.17, 15) is 19.2 Å². The van der Waals surface area contributed by atoms with Crippen molar-refractivity contribution in [2.45, 2.75) is 26.7 Å². The Morgan fingerprint density at radius 3 is 1.59 bits per heavy atom. The molecule has 286 valence electrons. The second-order valence-electron chi connectivity index (χ2n) is 14.4. The van der Waals surface area contributed by atoms with Gasteiger partial charge in [0.2, 0.25) is 11.8 Å². The van der Waals surface area contributed by atoms with E-state index < -0.39 is 11.8 Å². The van der Waals surface area contributed by atoms with Crippen LogP contribution < -0.4 is 11.5 Å². The van der Waals surface area contributed by atoms with Gasteiger partial charge < -0.3 is 35.3 Å². The maximum atomic E-state index is 12.9. The van der Waals surface area contributed by atoms with Gasteiger partial charge in [0.15, 0.2) is 0 Å². The Bertz CT molecular complexity index is 2430. The summed E-state index contributed by atoms with van der Waals surface area (Å²) in [6, 6.07) is 19.2. The molecule has 0 bridgehead atoms. The molecular formula is C43H40BrN5O7. The van der Waals surface area contributed by atoms with Crippen molar-refractivity contribution >= 4 is 39.6 Å². The smallest absolute Gasteiger partial charge is 0.254 e. The Labute approximate surface area is 331 Å². The fourth-order valence-corrected chi connectivity index (χ4v) is 8.66. The second-order valence-corrected chi connectivity index (χ2v) is 15.3. The molecule has 4 aliphatic rings. The minimum Gasteiger partial charge on any atom is -0.378 e. The van der Waals surface area contributed by atoms with Crippen molar-refractivity contribution < 1.29 is 33.2 Å². The molecule has 2 fully saturated rings. The van der Waals surface area contributed by atoms with Crippen LogP contribution in [0.3, 0.4) is 0 Å². The van der Waals surface area contributed by atoms with Gasteiger partial charge in [0, 0.05) is 58.5 Å². The lowest BCUT2D eigenvalue weighted by molar-refractivity contribution is 0.0301. The Balaban J connectivity index is 0.000000161. The number of morpholine rings is 2. The van der Waals surface area contributed by atoms with Gasteiger partial charge in [-0.2, -0.15) is 0 Å². The first-order valence-electron chi connectivity index (χ1n) is 18.5. The Hall–Kier alpha value is -5.63. The van der Waals surface area contributed by atoms with Gasteiger partial charge in [-0.05, 0) is 125 Å². The molecule has 56 heavy (non-hydrogen) atoms. The van der Waals surface area contributed by atoms with Crippen LogP contribution in [0.5, 0.6) is 0 Å². The third-order valence-corrected chi connectivity index (χ3v) is 11.4. The molecule has 0 atom stereocenters. The molecule has 3 heterocycles. The summed E-state index contributed by atoms with van der Waals surface area (Å²) in [5, 5.41) is 4.04. The van der Waals surface area contributed by atoms with E-state index >= 15 is 0 Å². The highest BCUT2D eigenvalue weighted by Crippen LogP contribution is 2.43. The first kappa shape index (κ1) is 37.3. The number of rotatable bonds is 5. The van der Waals surface area contributed by atoms with Crippen LogP contribution in [0.1, 0.15) is 75.1 Å². The zero-order chi connectivity index (χ0) is 39.2. The number of nitrogens with two attached hydrogens (primary N) is 2. The van der Waals surface area contributed by atoms with E-state index in [0.717, 1.165) is 65.8 Å². The molecule has 4 amide bonds. The maximum Gasteiger partial charge on any atom is 0.254 e. The van der Waals surface area contributed by atoms with Crippen LogP contribution in [0, 0.1) is 13.8 Å². The fraction of sp³-hybridized carbons (Fsp3) is 0.279. The van der Waals surface area contributed by atoms with Gasteiger partial charge in [0.1, 0.15) is 5.76 Å². The highest BCUT2D eigenvalue weighted by Gasteiger charge is 2.29. The summed E-state index contributed by atoms with van der Waals surface area (Å²) in [5.74, 6) is -0.179. The minimum atomic E-state index is -0.470. The van der Waals surface area contributed by atoms with Crippen molar-refractivity contribution in [2.24, 2.45) is 11.5 Å². The molecule has 9 rings (SSSR count). The predicted molar refractivity (Wildman–Crippen MR) is 213 cm³/mol. The molecular weight excluding hydrogens is 778 g/mol. The van der Waals surface area contributed by atoms with Gasteiger partial charge in [0.25, 0.3) is 11.8 Å². The quantitative estimate of drug-likeness (QED) is 0.223. The van der Waals surface area contributed by atoms with E-state index in [4.69, 9.17) is 25.5 Å². The van der Waals surface area contributed by atoms with Crippen LogP contribution in [0.15, 0.2) is 69.7 Å². The van der Waals surface area contributed by atoms with Gasteiger partial charge in [0.05, 0.1) is 32.1 Å². The molecule has 4 aromatic carbocycles. The number of nitrogens with zero attached hydrogens (tertiary/aromatic N) is 3. The Morgan fingerprint density at radius 1 is 0.643 bits per heavy atom. The lowest BCUT2D eigenvalue weighted by Crippen LogP contribution is -2.40. The zero-order valence-corrected chi connectivity index (χ0v) is 32.7. The Kier molecular flexibility index (Phi) is 10.1. The van der Waals surface area contributed by atoms with E-state index in [0.29, 0.717) is 93.5 Å². The molecule has 0 spiro atoms. The third kappa shape index (κ3) is 6.91. The molecule has 2 aliphatic carbocycles. The standard InChI is InChI=1S/C24H23N3O4.C19H17BrN2O3/c1-13-22(14(2)31-26-13)17-11-19-18-4-3-15(24(29)27-5-7-30-8-6-27)9-16(18)10-20(19)21(12-17)23(25)28;20-13-9-16-14-2-1-11(19(24)22-3-5-25-6-4-22)7-12(14)8-15(16)17(10-13)18(21)23/h3-4,9,11-12H,5-8,10H2,1-2H3,(H2,25,28);1-2,7,9-10H,3-6,8H2,(H2,21,23). The largest absolute Gasteiger partial charge is 0.378 e. The molecule has 4 N–H and O–H groups in total. The van der Waals surface area contributed by atoms with Crippen LogP contribution in [-0.4, -0.2) is 91.2 Å². The van der Waals surface area contributed by atoms with E-state index in [1.54, 1.807) is 6.07 Å². The summed E-state index contributed by atoms with van der Waals surface area (Å²) in [5.41, 5.74) is 24.1. The normalized spacial score (nSPS) is 15.3. The summed E-state index contributed by atoms with van der Waals surface area (Å²) in [7, 11) is 0. The van der Waals surface area contributed by atoms with Crippen molar-refractivity contribution in [3.05, 3.63) is 121 Å². The number of amides is 4. The van der Waals surface area contributed by atoms with E-state index in [-0.39, 0.29) is 11.8 Å². The van der Waals surface area contributed by atoms with Crippen molar-refractivity contribution in [3.8, 4) is 33.4 Å². The number of aryl methyl sites for hydroxylation is 2. The number of carbonyl (C=O) groups is 4. The highest BCUT2D eigenvalue weighted by atomic mass is 79.9. The highest BCUT2D eigenvalue weighted by molar-refractivity contribution is 9.10. The van der Waals surface area contributed by atoms with Crippen LogP contribution in [0.2, 0.25) is 0 Å². The van der Waals surface area contributed by atoms with Crippen LogP contribution in [0.4, 0.5) is 0 Å².